The Morgan fingerprint density at radius 3 is 2.66 bits per heavy atom. The Kier molecular flexibility index (Phi) is 7.06. The van der Waals surface area contributed by atoms with Crippen molar-refractivity contribution in [3.8, 4) is 17.2 Å². The van der Waals surface area contributed by atoms with Crippen LogP contribution in [0.2, 0.25) is 5.02 Å². The fourth-order valence-corrected chi connectivity index (χ4v) is 4.48. The molecule has 0 saturated carbocycles. The van der Waals surface area contributed by atoms with Gasteiger partial charge in [-0.15, -0.1) is 10.2 Å². The highest BCUT2D eigenvalue weighted by molar-refractivity contribution is 7.99. The zero-order valence-corrected chi connectivity index (χ0v) is 19.4. The van der Waals surface area contributed by atoms with Gasteiger partial charge in [-0.2, -0.15) is 0 Å². The van der Waals surface area contributed by atoms with Crippen LogP contribution in [0.15, 0.2) is 47.6 Å². The lowest BCUT2D eigenvalue weighted by atomic mass is 10.2. The van der Waals surface area contributed by atoms with Crippen LogP contribution < -0.4 is 19.7 Å². The first-order valence-corrected chi connectivity index (χ1v) is 11.6. The van der Waals surface area contributed by atoms with E-state index in [2.05, 4.69) is 20.4 Å². The highest BCUT2D eigenvalue weighted by atomic mass is 35.5. The molecular formula is C22H24ClN5O3S. The number of methoxy groups -OCH3 is 2. The average Bonchev–Trinajstić information content (AvgIpc) is 3.47. The minimum atomic E-state index is -0.190. The van der Waals surface area contributed by atoms with Gasteiger partial charge in [0.2, 0.25) is 11.9 Å². The fraction of sp³-hybridized carbons (Fsp3) is 0.318. The summed E-state index contributed by atoms with van der Waals surface area (Å²) >= 11 is 7.55. The summed E-state index contributed by atoms with van der Waals surface area (Å²) in [7, 11) is 3.13. The minimum Gasteiger partial charge on any atom is -0.497 e. The van der Waals surface area contributed by atoms with E-state index in [1.165, 1.54) is 11.8 Å². The second kappa shape index (κ2) is 10.1. The highest BCUT2D eigenvalue weighted by Crippen LogP contribution is 2.31. The van der Waals surface area contributed by atoms with Gasteiger partial charge in [-0.3, -0.25) is 9.36 Å². The molecule has 1 fully saturated rings. The Morgan fingerprint density at radius 1 is 1.12 bits per heavy atom. The molecule has 0 bridgehead atoms. The number of aromatic nitrogens is 3. The van der Waals surface area contributed by atoms with Crippen LogP contribution >= 0.6 is 23.4 Å². The first-order chi connectivity index (χ1) is 15.6. The first kappa shape index (κ1) is 22.3. The number of amides is 1. The van der Waals surface area contributed by atoms with Gasteiger partial charge in [0, 0.05) is 24.2 Å². The van der Waals surface area contributed by atoms with Gasteiger partial charge in [0.25, 0.3) is 0 Å². The molecule has 168 valence electrons. The van der Waals surface area contributed by atoms with Crippen LogP contribution in [0.3, 0.4) is 0 Å². The largest absolute Gasteiger partial charge is 0.497 e. The number of rotatable bonds is 8. The average molecular weight is 474 g/mol. The molecule has 8 nitrogen and oxygen atoms in total. The van der Waals surface area contributed by atoms with Crippen molar-refractivity contribution >= 4 is 40.9 Å². The maximum absolute atomic E-state index is 12.7. The van der Waals surface area contributed by atoms with Gasteiger partial charge in [0.15, 0.2) is 5.16 Å². The smallest absolute Gasteiger partial charge is 0.234 e. The van der Waals surface area contributed by atoms with E-state index < -0.39 is 0 Å². The number of hydrogen-bond donors (Lipinski definition) is 1. The molecule has 32 heavy (non-hydrogen) atoms. The molecule has 0 unspecified atom stereocenters. The summed E-state index contributed by atoms with van der Waals surface area (Å²) in [6.45, 7) is 1.86. The Hall–Kier alpha value is -2.91. The van der Waals surface area contributed by atoms with Crippen LogP contribution in [-0.2, 0) is 4.79 Å². The number of benzene rings is 2. The fourth-order valence-electron chi connectivity index (χ4n) is 3.55. The summed E-state index contributed by atoms with van der Waals surface area (Å²) in [5, 5.41) is 12.9. The molecule has 0 spiro atoms. The summed E-state index contributed by atoms with van der Waals surface area (Å²) in [5.41, 5.74) is 1.41. The Bertz CT molecular complexity index is 1100. The topological polar surface area (TPSA) is 81.5 Å². The monoisotopic (exact) mass is 473 g/mol. The van der Waals surface area contributed by atoms with Crippen molar-refractivity contribution in [2.24, 2.45) is 0 Å². The van der Waals surface area contributed by atoms with Crippen LogP contribution in [0.5, 0.6) is 11.5 Å². The van der Waals surface area contributed by atoms with E-state index >= 15 is 0 Å². The van der Waals surface area contributed by atoms with Crippen LogP contribution in [0.1, 0.15) is 12.8 Å². The number of carbonyl (C=O) groups is 1. The zero-order valence-electron chi connectivity index (χ0n) is 17.9. The third-order valence-electron chi connectivity index (χ3n) is 5.08. The maximum atomic E-state index is 12.7. The van der Waals surface area contributed by atoms with E-state index in [4.69, 9.17) is 21.1 Å². The van der Waals surface area contributed by atoms with E-state index in [-0.39, 0.29) is 11.7 Å². The lowest BCUT2D eigenvalue weighted by Gasteiger charge is -2.18. The van der Waals surface area contributed by atoms with Crippen molar-refractivity contribution in [2.45, 2.75) is 18.0 Å². The normalized spacial score (nSPS) is 13.3. The number of nitrogens with one attached hydrogen (secondary N) is 1. The molecule has 1 aliphatic rings. The number of carbonyl (C=O) groups excluding carboxylic acids is 1. The summed E-state index contributed by atoms with van der Waals surface area (Å²) in [5.74, 6) is 1.92. The van der Waals surface area contributed by atoms with E-state index in [1.54, 1.807) is 32.4 Å². The molecule has 2 heterocycles. The molecule has 1 N–H and O–H groups in total. The van der Waals surface area contributed by atoms with Crippen molar-refractivity contribution in [1.82, 2.24) is 14.8 Å². The SMILES string of the molecule is COc1ccc(OC)c(NC(=O)CSc2nnc(N3CCCC3)n2-c2cccc(Cl)c2)c1. The minimum absolute atomic E-state index is 0.152. The van der Waals surface area contributed by atoms with Gasteiger partial charge < -0.3 is 19.7 Å². The summed E-state index contributed by atoms with van der Waals surface area (Å²) < 4.78 is 12.5. The Morgan fingerprint density at radius 2 is 1.94 bits per heavy atom. The standard InChI is InChI=1S/C22H24ClN5O3S/c1-30-17-8-9-19(31-2)18(13-17)24-20(29)14-32-22-26-25-21(27-10-3-4-11-27)28(22)16-7-5-6-15(23)12-16/h5-9,12-13H,3-4,10-11,14H2,1-2H3,(H,24,29). The van der Waals surface area contributed by atoms with Gasteiger partial charge in [-0.25, -0.2) is 0 Å². The van der Waals surface area contributed by atoms with Gasteiger partial charge in [0.05, 0.1) is 31.3 Å². The number of nitrogens with zero attached hydrogens (tertiary/aromatic N) is 4. The van der Waals surface area contributed by atoms with Crippen molar-refractivity contribution in [3.63, 3.8) is 0 Å². The maximum Gasteiger partial charge on any atom is 0.234 e. The van der Waals surface area contributed by atoms with Gasteiger partial charge in [0.1, 0.15) is 11.5 Å². The number of thioether (sulfide) groups is 1. The predicted octanol–water partition coefficient (Wildman–Crippen LogP) is 4.27. The van der Waals surface area contributed by atoms with Crippen molar-refractivity contribution in [2.75, 3.05) is 43.3 Å². The van der Waals surface area contributed by atoms with Gasteiger partial charge in [-0.05, 0) is 43.2 Å². The first-order valence-electron chi connectivity index (χ1n) is 10.2. The quantitative estimate of drug-likeness (QED) is 0.489. The van der Waals surface area contributed by atoms with E-state index in [9.17, 15) is 4.79 Å². The Labute approximate surface area is 195 Å². The number of hydrogen-bond acceptors (Lipinski definition) is 7. The molecule has 10 heteroatoms. The molecule has 1 saturated heterocycles. The van der Waals surface area contributed by atoms with Crippen LogP contribution in [0, 0.1) is 0 Å². The highest BCUT2D eigenvalue weighted by Gasteiger charge is 2.23. The van der Waals surface area contributed by atoms with E-state index in [0.717, 1.165) is 37.6 Å². The van der Waals surface area contributed by atoms with Crippen molar-refractivity contribution in [1.29, 1.82) is 0 Å². The second-order valence-electron chi connectivity index (χ2n) is 7.20. The molecule has 3 aromatic rings. The molecule has 1 amide bonds. The number of anilines is 2. The predicted molar refractivity (Wildman–Crippen MR) is 127 cm³/mol. The second-order valence-corrected chi connectivity index (χ2v) is 8.57. The van der Waals surface area contributed by atoms with Crippen LogP contribution in [0.4, 0.5) is 11.6 Å². The van der Waals surface area contributed by atoms with Crippen molar-refractivity contribution in [3.05, 3.63) is 47.5 Å². The molecule has 0 radical (unpaired) electrons. The van der Waals surface area contributed by atoms with E-state index in [1.807, 2.05) is 28.8 Å². The zero-order chi connectivity index (χ0) is 22.5. The summed E-state index contributed by atoms with van der Waals surface area (Å²) in [6.07, 6.45) is 2.24. The third-order valence-corrected chi connectivity index (χ3v) is 6.25. The van der Waals surface area contributed by atoms with E-state index in [0.29, 0.717) is 27.4 Å². The summed E-state index contributed by atoms with van der Waals surface area (Å²) in [4.78, 5) is 14.9. The molecule has 4 rings (SSSR count). The molecule has 0 atom stereocenters. The third kappa shape index (κ3) is 4.94. The van der Waals surface area contributed by atoms with Gasteiger partial charge in [-0.1, -0.05) is 29.4 Å². The number of halogens is 1. The molecule has 2 aromatic carbocycles. The van der Waals surface area contributed by atoms with Crippen LogP contribution in [0.25, 0.3) is 5.69 Å². The van der Waals surface area contributed by atoms with Crippen molar-refractivity contribution < 1.29 is 14.3 Å². The molecule has 1 aromatic heterocycles. The lowest BCUT2D eigenvalue weighted by molar-refractivity contribution is -0.113. The summed E-state index contributed by atoms with van der Waals surface area (Å²) in [6, 6.07) is 12.8. The molecule has 0 aliphatic carbocycles. The lowest BCUT2D eigenvalue weighted by Crippen LogP contribution is -2.22. The number of ether oxygens (including phenoxy) is 2. The Balaban J connectivity index is 1.54. The molecular weight excluding hydrogens is 450 g/mol. The van der Waals surface area contributed by atoms with Gasteiger partial charge >= 0.3 is 0 Å². The van der Waals surface area contributed by atoms with Crippen LogP contribution in [-0.4, -0.2) is 53.7 Å². The molecule has 1 aliphatic heterocycles.